The van der Waals surface area contributed by atoms with Crippen molar-refractivity contribution in [1.82, 2.24) is 0 Å². The van der Waals surface area contributed by atoms with Crippen LogP contribution in [0.25, 0.3) is 0 Å². The van der Waals surface area contributed by atoms with Gasteiger partial charge in [0.15, 0.2) is 0 Å². The van der Waals surface area contributed by atoms with Crippen molar-refractivity contribution in [2.75, 3.05) is 0 Å². The van der Waals surface area contributed by atoms with E-state index < -0.39 is 0 Å². The van der Waals surface area contributed by atoms with Crippen molar-refractivity contribution in [2.24, 2.45) is 0 Å². The average Bonchev–Trinajstić information content (AvgIpc) is 1.37. The summed E-state index contributed by atoms with van der Waals surface area (Å²) in [6, 6.07) is 0. The molecular formula is C3H6Sn. The van der Waals surface area contributed by atoms with Gasteiger partial charge in [0.05, 0.1) is 0 Å². The van der Waals surface area contributed by atoms with Crippen LogP contribution < -0.4 is 0 Å². The van der Waals surface area contributed by atoms with Gasteiger partial charge in [-0.05, 0) is 0 Å². The molecule has 0 heterocycles. The first-order valence-electron chi connectivity index (χ1n) is 1.25. The summed E-state index contributed by atoms with van der Waals surface area (Å²) in [4.78, 5) is 2.24. The van der Waals surface area contributed by atoms with E-state index in [0.717, 1.165) is 0 Å². The fourth-order valence-corrected chi connectivity index (χ4v) is 0. The van der Waals surface area contributed by atoms with Gasteiger partial charge in [0, 0.05) is 0 Å². The summed E-state index contributed by atoms with van der Waals surface area (Å²) in [6.07, 6.45) is 0. The van der Waals surface area contributed by atoms with Crippen LogP contribution in [0.3, 0.4) is 0 Å². The second kappa shape index (κ2) is 3.58. The molecule has 0 saturated heterocycles. The zero-order valence-electron chi connectivity index (χ0n) is 3.00. The molecule has 0 bridgehead atoms. The second-order valence-corrected chi connectivity index (χ2v) is 3.35. The van der Waals surface area contributed by atoms with Gasteiger partial charge >= 0.3 is 36.1 Å². The van der Waals surface area contributed by atoms with Crippen LogP contribution in [0.4, 0.5) is 0 Å². The second-order valence-electron chi connectivity index (χ2n) is 0.500. The van der Waals surface area contributed by atoms with E-state index in [0.29, 0.717) is 0 Å². The van der Waals surface area contributed by atoms with Crippen LogP contribution in [0.5, 0.6) is 0 Å². The molecule has 0 aliphatic rings. The molecule has 0 spiro atoms. The zero-order chi connectivity index (χ0) is 3.41. The minimum absolute atomic E-state index is 0.0261. The minimum atomic E-state index is -0.0261. The van der Waals surface area contributed by atoms with Crippen molar-refractivity contribution >= 4 is 20.5 Å². The molecule has 0 saturated carbocycles. The Morgan fingerprint density at radius 1 is 1.75 bits per heavy atom. The van der Waals surface area contributed by atoms with E-state index in [4.69, 9.17) is 0 Å². The van der Waals surface area contributed by atoms with Crippen LogP contribution in [0.2, 0.25) is 4.94 Å². The molecule has 0 rings (SSSR count). The fraction of sp³-hybridized carbons (Fsp3) is 0.667. The average molecular weight is 161 g/mol. The number of rotatable bonds is 0. The standard InChI is InChI=1S/C2H3.CH3.Sn/c1-2;;/h1H3;1H3;. The van der Waals surface area contributed by atoms with Crippen LogP contribution >= 0.6 is 0 Å². The maximum atomic E-state index is 3.10. The molecule has 0 radical (unpaired) electrons. The van der Waals surface area contributed by atoms with E-state index in [2.05, 4.69) is 8.76 Å². The Labute approximate surface area is 36.5 Å². The van der Waals surface area contributed by atoms with E-state index in [1.807, 2.05) is 6.92 Å². The Morgan fingerprint density at radius 2 is 2.00 bits per heavy atom. The summed E-state index contributed by atoms with van der Waals surface area (Å²) in [6.45, 7) is 2.01. The van der Waals surface area contributed by atoms with Gasteiger partial charge in [-0.1, -0.05) is 0 Å². The molecule has 0 atom stereocenters. The third-order valence-electron chi connectivity index (χ3n) is 0.250. The summed E-state index contributed by atoms with van der Waals surface area (Å²) in [5.41, 5.74) is 0. The molecule has 4 heavy (non-hydrogen) atoms. The van der Waals surface area contributed by atoms with Gasteiger partial charge in [-0.25, -0.2) is 0 Å². The molecule has 0 aliphatic heterocycles. The predicted molar refractivity (Wildman–Crippen MR) is 21.2 cm³/mol. The molecule has 1 heteroatoms. The quantitative estimate of drug-likeness (QED) is 0.459. The Balaban J connectivity index is 2.83. The van der Waals surface area contributed by atoms with Gasteiger partial charge in [0.25, 0.3) is 0 Å². The SMILES string of the molecule is C[C]#[Sn][CH3]. The molecule has 0 aromatic carbocycles. The van der Waals surface area contributed by atoms with E-state index >= 15 is 0 Å². The molecule has 0 N–H and O–H groups in total. The van der Waals surface area contributed by atoms with Crippen molar-refractivity contribution in [3.05, 3.63) is 0 Å². The van der Waals surface area contributed by atoms with Gasteiger partial charge < -0.3 is 0 Å². The summed E-state index contributed by atoms with van der Waals surface area (Å²) < 4.78 is 3.10. The summed E-state index contributed by atoms with van der Waals surface area (Å²) in [7, 11) is 0. The van der Waals surface area contributed by atoms with Gasteiger partial charge in [-0.15, -0.1) is 0 Å². The summed E-state index contributed by atoms with van der Waals surface area (Å²) >= 11 is -0.0261. The Kier molecular flexibility index (Phi) is 4.10. The third-order valence-corrected chi connectivity index (χ3v) is 1.68. The zero-order valence-corrected chi connectivity index (χ0v) is 5.85. The first kappa shape index (κ1) is 4.58. The first-order valence-corrected chi connectivity index (χ1v) is 5.53. The maximum absolute atomic E-state index is 3.10. The van der Waals surface area contributed by atoms with E-state index in [1.54, 1.807) is 0 Å². The Bertz CT molecular complexity index is 40.0. The summed E-state index contributed by atoms with van der Waals surface area (Å²) in [5, 5.41) is 0. The monoisotopic (exact) mass is 162 g/mol. The molecule has 0 nitrogen and oxygen atoms in total. The predicted octanol–water partition coefficient (Wildman–Crippen LogP) is 0.718. The van der Waals surface area contributed by atoms with Crippen LogP contribution in [-0.4, -0.2) is 20.5 Å². The van der Waals surface area contributed by atoms with Crippen LogP contribution in [0, 0.1) is 3.82 Å². The van der Waals surface area contributed by atoms with E-state index in [-0.39, 0.29) is 20.5 Å². The molecule has 22 valence electrons. The molecule has 0 aliphatic carbocycles. The first-order chi connectivity index (χ1) is 1.91. The molecular weight excluding hydrogens is 155 g/mol. The van der Waals surface area contributed by atoms with Crippen molar-refractivity contribution < 1.29 is 0 Å². The van der Waals surface area contributed by atoms with Crippen LogP contribution in [0.15, 0.2) is 0 Å². The third kappa shape index (κ3) is 2.58. The molecule has 0 unspecified atom stereocenters. The number of hydrogen-bond acceptors (Lipinski definition) is 0. The molecule has 0 fully saturated rings. The van der Waals surface area contributed by atoms with Crippen molar-refractivity contribution in [3.8, 4) is 3.82 Å². The van der Waals surface area contributed by atoms with Crippen LogP contribution in [0.1, 0.15) is 6.92 Å². The fourth-order valence-electron chi connectivity index (χ4n) is 0. The normalized spacial score (nSPS) is 3.50. The van der Waals surface area contributed by atoms with E-state index in [9.17, 15) is 0 Å². The van der Waals surface area contributed by atoms with Crippen LogP contribution in [-0.2, 0) is 0 Å². The topological polar surface area (TPSA) is 0 Å². The Hall–Kier alpha value is 0.579. The molecule has 0 amide bonds. The molecule has 0 aromatic heterocycles. The van der Waals surface area contributed by atoms with Crippen molar-refractivity contribution in [1.29, 1.82) is 0 Å². The van der Waals surface area contributed by atoms with Gasteiger partial charge in [-0.2, -0.15) is 0 Å². The van der Waals surface area contributed by atoms with Gasteiger partial charge in [-0.3, -0.25) is 0 Å². The Morgan fingerprint density at radius 3 is 2.00 bits per heavy atom. The van der Waals surface area contributed by atoms with E-state index in [1.165, 1.54) is 0 Å². The van der Waals surface area contributed by atoms with Gasteiger partial charge in [0.2, 0.25) is 0 Å². The molecule has 0 aromatic rings. The van der Waals surface area contributed by atoms with Gasteiger partial charge in [0.1, 0.15) is 0 Å². The van der Waals surface area contributed by atoms with Crippen molar-refractivity contribution in [3.63, 3.8) is 0 Å². The summed E-state index contributed by atoms with van der Waals surface area (Å²) in [5.74, 6) is 0. The van der Waals surface area contributed by atoms with Crippen molar-refractivity contribution in [2.45, 2.75) is 11.9 Å². The number of hydrogen-bond donors (Lipinski definition) is 0.